The number of sulfone groups is 1. The summed E-state index contributed by atoms with van der Waals surface area (Å²) in [7, 11) is -8.28. The van der Waals surface area contributed by atoms with Crippen molar-refractivity contribution in [3.05, 3.63) is 18.2 Å². The van der Waals surface area contributed by atoms with Crippen LogP contribution in [-0.4, -0.2) is 27.1 Å². The Morgan fingerprint density at radius 1 is 1.29 bits per heavy atom. The first-order valence-corrected chi connectivity index (χ1v) is 7.46. The highest BCUT2D eigenvalue weighted by Gasteiger charge is 2.17. The van der Waals surface area contributed by atoms with Crippen LogP contribution in [0.15, 0.2) is 23.1 Å². The molecule has 1 rings (SSSR count). The molecule has 0 aliphatic heterocycles. The number of nitrogen functional groups attached to an aromatic ring is 1. The van der Waals surface area contributed by atoms with E-state index in [1.807, 2.05) is 0 Å². The van der Waals surface area contributed by atoms with E-state index >= 15 is 0 Å². The fourth-order valence-corrected chi connectivity index (χ4v) is 2.49. The number of anilines is 1. The molecule has 0 radical (unpaired) electrons. The molecular weight excluding hydrogens is 270 g/mol. The summed E-state index contributed by atoms with van der Waals surface area (Å²) in [6.07, 6.45) is 0. The van der Waals surface area contributed by atoms with Gasteiger partial charge >= 0.3 is 10.4 Å². The van der Waals surface area contributed by atoms with E-state index in [9.17, 15) is 16.8 Å². The molecule has 0 aliphatic carbocycles. The number of hydrogen-bond acceptors (Lipinski definition) is 6. The maximum atomic E-state index is 11.6. The molecule has 0 amide bonds. The van der Waals surface area contributed by atoms with Gasteiger partial charge in [0, 0.05) is 6.07 Å². The topological polar surface area (TPSA) is 124 Å². The molecule has 17 heavy (non-hydrogen) atoms. The minimum Gasteiger partial charge on any atom is -0.398 e. The molecule has 7 nitrogen and oxygen atoms in total. The lowest BCUT2D eigenvalue weighted by Gasteiger charge is -2.07. The molecule has 0 unspecified atom stereocenters. The van der Waals surface area contributed by atoms with Crippen molar-refractivity contribution >= 4 is 25.9 Å². The van der Waals surface area contributed by atoms with Crippen LogP contribution in [-0.2, 0) is 20.2 Å². The van der Waals surface area contributed by atoms with Crippen LogP contribution in [0.2, 0.25) is 0 Å². The Kier molecular flexibility index (Phi) is 3.65. The predicted octanol–water partition coefficient (Wildman–Crippen LogP) is 0.244. The lowest BCUT2D eigenvalue weighted by atomic mass is 10.3. The second kappa shape index (κ2) is 4.51. The fourth-order valence-electron chi connectivity index (χ4n) is 1.11. The van der Waals surface area contributed by atoms with Crippen molar-refractivity contribution in [1.29, 1.82) is 0 Å². The molecule has 3 N–H and O–H groups in total. The standard InChI is InChI=1S/C8H11NO6S2/c1-2-16(10,11)8-5-6(3-4-7(8)9)15-17(12,13)14/h3-5H,2,9H2,1H3,(H,12,13,14). The first-order valence-electron chi connectivity index (χ1n) is 4.45. The van der Waals surface area contributed by atoms with E-state index in [0.29, 0.717) is 0 Å². The van der Waals surface area contributed by atoms with E-state index in [-0.39, 0.29) is 22.1 Å². The molecule has 0 atom stereocenters. The maximum absolute atomic E-state index is 11.6. The van der Waals surface area contributed by atoms with E-state index in [1.165, 1.54) is 13.0 Å². The number of benzene rings is 1. The SMILES string of the molecule is CCS(=O)(=O)c1cc(OS(=O)(=O)O)ccc1N. The number of hydrogen-bond donors (Lipinski definition) is 2. The largest absolute Gasteiger partial charge is 0.446 e. The average Bonchev–Trinajstić information content (AvgIpc) is 2.18. The van der Waals surface area contributed by atoms with Gasteiger partial charge in [-0.1, -0.05) is 6.92 Å². The Labute approximate surface area is 99.1 Å². The molecule has 1 aromatic rings. The summed E-state index contributed by atoms with van der Waals surface area (Å²) in [6.45, 7) is 1.42. The zero-order chi connectivity index (χ0) is 13.3. The Bertz CT molecular complexity index is 619. The molecule has 9 heteroatoms. The van der Waals surface area contributed by atoms with Crippen LogP contribution in [0.25, 0.3) is 0 Å². The minimum atomic E-state index is -4.69. The van der Waals surface area contributed by atoms with Gasteiger partial charge in [-0.25, -0.2) is 8.42 Å². The first kappa shape index (κ1) is 13.7. The van der Waals surface area contributed by atoms with E-state index in [2.05, 4.69) is 4.18 Å². The van der Waals surface area contributed by atoms with Crippen LogP contribution in [0.5, 0.6) is 5.75 Å². The highest BCUT2D eigenvalue weighted by atomic mass is 32.3. The van der Waals surface area contributed by atoms with Gasteiger partial charge in [0.2, 0.25) is 0 Å². The summed E-state index contributed by atoms with van der Waals surface area (Å²) in [4.78, 5) is -0.235. The zero-order valence-corrected chi connectivity index (χ0v) is 10.5. The van der Waals surface area contributed by atoms with Crippen molar-refractivity contribution in [3.63, 3.8) is 0 Å². The molecule has 0 fully saturated rings. The van der Waals surface area contributed by atoms with Gasteiger partial charge < -0.3 is 9.92 Å². The van der Waals surface area contributed by atoms with Crippen molar-refractivity contribution in [1.82, 2.24) is 0 Å². The minimum absolute atomic E-state index is 0.0189. The van der Waals surface area contributed by atoms with Crippen molar-refractivity contribution in [2.75, 3.05) is 11.5 Å². The second-order valence-electron chi connectivity index (χ2n) is 3.11. The van der Waals surface area contributed by atoms with Gasteiger partial charge in [0.1, 0.15) is 5.75 Å². The fraction of sp³-hybridized carbons (Fsp3) is 0.250. The van der Waals surface area contributed by atoms with E-state index in [0.717, 1.165) is 12.1 Å². The molecular formula is C8H11NO6S2. The third kappa shape index (κ3) is 3.58. The molecule has 0 saturated carbocycles. The van der Waals surface area contributed by atoms with Crippen LogP contribution in [0, 0.1) is 0 Å². The Morgan fingerprint density at radius 2 is 1.88 bits per heavy atom. The van der Waals surface area contributed by atoms with Gasteiger partial charge in [-0.2, -0.15) is 8.42 Å². The smallest absolute Gasteiger partial charge is 0.398 e. The summed E-state index contributed by atoms with van der Waals surface area (Å²) in [5.41, 5.74) is 5.45. The van der Waals surface area contributed by atoms with Gasteiger partial charge in [-0.15, -0.1) is 0 Å². The maximum Gasteiger partial charge on any atom is 0.446 e. The van der Waals surface area contributed by atoms with Crippen molar-refractivity contribution in [3.8, 4) is 5.75 Å². The van der Waals surface area contributed by atoms with Crippen LogP contribution in [0.1, 0.15) is 6.92 Å². The van der Waals surface area contributed by atoms with Crippen molar-refractivity contribution in [2.24, 2.45) is 0 Å². The van der Waals surface area contributed by atoms with Gasteiger partial charge in [-0.3, -0.25) is 4.55 Å². The lowest BCUT2D eigenvalue weighted by molar-refractivity contribution is 0.386. The Hall–Kier alpha value is -1.32. The van der Waals surface area contributed by atoms with Gasteiger partial charge in [0.05, 0.1) is 16.3 Å². The molecule has 1 aromatic carbocycles. The van der Waals surface area contributed by atoms with Gasteiger partial charge in [-0.05, 0) is 12.1 Å². The highest BCUT2D eigenvalue weighted by Crippen LogP contribution is 2.25. The van der Waals surface area contributed by atoms with E-state index in [1.54, 1.807) is 0 Å². The predicted molar refractivity (Wildman–Crippen MR) is 60.8 cm³/mol. The summed E-state index contributed by atoms with van der Waals surface area (Å²) in [5.74, 6) is -0.513. The van der Waals surface area contributed by atoms with Gasteiger partial charge in [0.25, 0.3) is 0 Å². The van der Waals surface area contributed by atoms with Crippen LogP contribution < -0.4 is 9.92 Å². The quantitative estimate of drug-likeness (QED) is 0.598. The van der Waals surface area contributed by atoms with E-state index < -0.39 is 20.2 Å². The van der Waals surface area contributed by atoms with Crippen molar-refractivity contribution in [2.45, 2.75) is 11.8 Å². The third-order valence-corrected chi connectivity index (χ3v) is 4.09. The summed E-state index contributed by atoms with van der Waals surface area (Å²) in [5, 5.41) is 0. The molecule has 0 aliphatic rings. The Balaban J connectivity index is 3.30. The number of rotatable bonds is 4. The zero-order valence-electron chi connectivity index (χ0n) is 8.82. The van der Waals surface area contributed by atoms with Crippen molar-refractivity contribution < 1.29 is 25.6 Å². The molecule has 96 valence electrons. The molecule has 0 saturated heterocycles. The van der Waals surface area contributed by atoms with Crippen LogP contribution in [0.4, 0.5) is 5.69 Å². The molecule has 0 aromatic heterocycles. The summed E-state index contributed by atoms with van der Waals surface area (Å²) < 4.78 is 56.7. The summed E-state index contributed by atoms with van der Waals surface area (Å²) >= 11 is 0. The lowest BCUT2D eigenvalue weighted by Crippen LogP contribution is -2.10. The third-order valence-electron chi connectivity index (χ3n) is 1.90. The first-order chi connectivity index (χ1) is 7.65. The van der Waals surface area contributed by atoms with E-state index in [4.69, 9.17) is 10.3 Å². The summed E-state index contributed by atoms with van der Waals surface area (Å²) in [6, 6.07) is 3.27. The number of nitrogens with two attached hydrogens (primary N) is 1. The monoisotopic (exact) mass is 281 g/mol. The Morgan fingerprint density at radius 3 is 2.35 bits per heavy atom. The van der Waals surface area contributed by atoms with Crippen LogP contribution in [0.3, 0.4) is 0 Å². The normalized spacial score (nSPS) is 12.4. The molecule has 0 bridgehead atoms. The average molecular weight is 281 g/mol. The van der Waals surface area contributed by atoms with Crippen LogP contribution >= 0.6 is 0 Å². The second-order valence-corrected chi connectivity index (χ2v) is 6.38. The highest BCUT2D eigenvalue weighted by molar-refractivity contribution is 7.91. The molecule has 0 heterocycles. The van der Waals surface area contributed by atoms with Gasteiger partial charge in [0.15, 0.2) is 9.84 Å². The molecule has 0 spiro atoms.